The predicted molar refractivity (Wildman–Crippen MR) is 72.9 cm³/mol. The lowest BCUT2D eigenvalue weighted by molar-refractivity contribution is 0.482. The van der Waals surface area contributed by atoms with E-state index in [1.165, 1.54) is 0 Å². The van der Waals surface area contributed by atoms with Crippen molar-refractivity contribution in [3.8, 4) is 21.9 Å². The van der Waals surface area contributed by atoms with E-state index in [4.69, 9.17) is 4.74 Å². The molecule has 1 heterocycles. The summed E-state index contributed by atoms with van der Waals surface area (Å²) in [4.78, 5) is 5.23. The molecule has 0 unspecified atom stereocenters. The monoisotopic (exact) mass is 252 g/mol. The molecule has 0 fully saturated rings. The summed E-state index contributed by atoms with van der Waals surface area (Å²) in [5, 5.41) is 0. The van der Waals surface area contributed by atoms with Gasteiger partial charge >= 0.3 is 0 Å². The molecule has 0 bridgehead atoms. The first kappa shape index (κ1) is 11.0. The van der Waals surface area contributed by atoms with E-state index >= 15 is 0 Å². The Morgan fingerprint density at radius 1 is 1.06 bits per heavy atom. The summed E-state index contributed by atoms with van der Waals surface area (Å²) in [5.41, 5.74) is 2.99. The predicted octanol–water partition coefficient (Wildman–Crippen LogP) is 4.40. The highest BCUT2D eigenvalue weighted by Crippen LogP contribution is 2.27. The minimum absolute atomic E-state index is 0.725. The Kier molecular flexibility index (Phi) is 3.07. The molecular weight excluding hydrogens is 242 g/mol. The molecule has 0 saturated heterocycles. The van der Waals surface area contributed by atoms with E-state index in [9.17, 15) is 0 Å². The minimum Gasteiger partial charge on any atom is -0.457 e. The van der Waals surface area contributed by atoms with E-state index in [1.54, 1.807) is 11.3 Å². The molecule has 87 valence electrons. The molecule has 0 aliphatic carbocycles. The molecule has 0 atom stereocenters. The third-order valence-corrected chi connectivity index (χ3v) is 3.30. The van der Waals surface area contributed by atoms with Gasteiger partial charge in [-0.15, -0.1) is 11.3 Å². The summed E-state index contributed by atoms with van der Waals surface area (Å²) in [6.45, 7) is 0. The van der Waals surface area contributed by atoms with Gasteiger partial charge in [-0.2, -0.15) is 0 Å². The molecule has 0 aliphatic rings. The number of ether oxygens (including phenoxy) is 1. The molecule has 2 nitrogen and oxygen atoms in total. The summed E-state index contributed by atoms with van der Waals surface area (Å²) < 4.78 is 5.68. The SMILES string of the molecule is [c]1ccccc1Oc1ccc(-c2cncs2)cc1. The molecule has 0 saturated carbocycles. The Labute approximate surface area is 110 Å². The summed E-state index contributed by atoms with van der Waals surface area (Å²) in [6, 6.07) is 18.6. The van der Waals surface area contributed by atoms with Crippen LogP contribution >= 0.6 is 11.3 Å². The van der Waals surface area contributed by atoms with Gasteiger partial charge in [-0.3, -0.25) is 4.98 Å². The van der Waals surface area contributed by atoms with Crippen LogP contribution in [0.25, 0.3) is 10.4 Å². The van der Waals surface area contributed by atoms with Gasteiger partial charge in [0.15, 0.2) is 0 Å². The number of thiazole rings is 1. The highest BCUT2D eigenvalue weighted by molar-refractivity contribution is 7.13. The Balaban J connectivity index is 1.80. The van der Waals surface area contributed by atoms with Crippen molar-refractivity contribution in [1.29, 1.82) is 0 Å². The van der Waals surface area contributed by atoms with Crippen molar-refractivity contribution in [2.75, 3.05) is 0 Å². The van der Waals surface area contributed by atoms with Gasteiger partial charge in [0.25, 0.3) is 0 Å². The van der Waals surface area contributed by atoms with E-state index in [2.05, 4.69) is 11.1 Å². The van der Waals surface area contributed by atoms with Gasteiger partial charge in [0.05, 0.1) is 10.4 Å². The fourth-order valence-electron chi connectivity index (χ4n) is 1.61. The van der Waals surface area contributed by atoms with Crippen LogP contribution < -0.4 is 4.74 Å². The molecule has 1 radical (unpaired) electrons. The zero-order valence-corrected chi connectivity index (χ0v) is 10.4. The Morgan fingerprint density at radius 3 is 2.61 bits per heavy atom. The van der Waals surface area contributed by atoms with E-state index in [1.807, 2.05) is 60.2 Å². The highest BCUT2D eigenvalue weighted by atomic mass is 32.1. The summed E-state index contributed by atoms with van der Waals surface area (Å²) in [5.74, 6) is 1.54. The standard InChI is InChI=1S/C15H10NOS/c1-2-4-13(5-3-1)17-14-8-6-12(7-9-14)15-10-16-11-18-15/h1-4,6-11H. The molecule has 3 aromatic rings. The maximum absolute atomic E-state index is 5.68. The van der Waals surface area contributed by atoms with Crippen molar-refractivity contribution >= 4 is 11.3 Å². The third kappa shape index (κ3) is 2.41. The Hall–Kier alpha value is -2.13. The van der Waals surface area contributed by atoms with Crippen LogP contribution in [0.15, 0.2) is 60.2 Å². The number of hydrogen-bond donors (Lipinski definition) is 0. The van der Waals surface area contributed by atoms with Crippen LogP contribution in [0, 0.1) is 6.07 Å². The van der Waals surface area contributed by atoms with Gasteiger partial charge in [-0.05, 0) is 35.9 Å². The van der Waals surface area contributed by atoms with E-state index < -0.39 is 0 Å². The van der Waals surface area contributed by atoms with Gasteiger partial charge in [-0.1, -0.05) is 18.2 Å². The number of aromatic nitrogens is 1. The van der Waals surface area contributed by atoms with E-state index in [-0.39, 0.29) is 0 Å². The van der Waals surface area contributed by atoms with Gasteiger partial charge in [0.1, 0.15) is 11.5 Å². The van der Waals surface area contributed by atoms with Crippen LogP contribution in [0.1, 0.15) is 0 Å². The fourth-order valence-corrected chi connectivity index (χ4v) is 2.24. The van der Waals surface area contributed by atoms with Gasteiger partial charge < -0.3 is 4.74 Å². The number of hydrogen-bond acceptors (Lipinski definition) is 3. The summed E-state index contributed by atoms with van der Waals surface area (Å²) in [6.07, 6.45) is 1.87. The van der Waals surface area contributed by atoms with Crippen LogP contribution in [0.3, 0.4) is 0 Å². The first-order valence-corrected chi connectivity index (χ1v) is 6.43. The topological polar surface area (TPSA) is 22.1 Å². The zero-order valence-electron chi connectivity index (χ0n) is 9.54. The first-order valence-electron chi connectivity index (χ1n) is 5.55. The number of benzene rings is 2. The molecule has 0 aliphatic heterocycles. The van der Waals surface area contributed by atoms with Gasteiger partial charge in [0, 0.05) is 12.3 Å². The van der Waals surface area contributed by atoms with Crippen molar-refractivity contribution in [1.82, 2.24) is 4.98 Å². The van der Waals surface area contributed by atoms with E-state index in [0.29, 0.717) is 0 Å². The average Bonchev–Trinajstić information content (AvgIpc) is 2.95. The Bertz CT molecular complexity index is 603. The maximum atomic E-state index is 5.68. The minimum atomic E-state index is 0.725. The quantitative estimate of drug-likeness (QED) is 0.689. The largest absolute Gasteiger partial charge is 0.457 e. The van der Waals surface area contributed by atoms with Crippen LogP contribution in [-0.4, -0.2) is 4.98 Å². The molecule has 0 spiro atoms. The van der Waals surface area contributed by atoms with Crippen molar-refractivity contribution in [3.63, 3.8) is 0 Å². The zero-order chi connectivity index (χ0) is 12.2. The molecule has 0 amide bonds. The molecule has 3 heteroatoms. The van der Waals surface area contributed by atoms with Crippen LogP contribution in [-0.2, 0) is 0 Å². The van der Waals surface area contributed by atoms with Crippen LogP contribution in [0.4, 0.5) is 0 Å². The van der Waals surface area contributed by atoms with E-state index in [0.717, 1.165) is 21.9 Å². The second-order valence-corrected chi connectivity index (χ2v) is 4.61. The number of nitrogens with zero attached hydrogens (tertiary/aromatic N) is 1. The number of rotatable bonds is 3. The van der Waals surface area contributed by atoms with Crippen molar-refractivity contribution in [3.05, 3.63) is 66.3 Å². The molecule has 18 heavy (non-hydrogen) atoms. The van der Waals surface area contributed by atoms with Gasteiger partial charge in [0.2, 0.25) is 0 Å². The molecule has 1 aromatic heterocycles. The molecular formula is C15H10NOS. The maximum Gasteiger partial charge on any atom is 0.135 e. The average molecular weight is 252 g/mol. The fraction of sp³-hybridized carbons (Fsp3) is 0. The third-order valence-electron chi connectivity index (χ3n) is 2.48. The smallest absolute Gasteiger partial charge is 0.135 e. The Morgan fingerprint density at radius 2 is 1.94 bits per heavy atom. The van der Waals surface area contributed by atoms with Crippen molar-refractivity contribution < 1.29 is 4.74 Å². The lowest BCUT2D eigenvalue weighted by Gasteiger charge is -2.05. The lowest BCUT2D eigenvalue weighted by atomic mass is 10.2. The normalized spacial score (nSPS) is 10.2. The van der Waals surface area contributed by atoms with Gasteiger partial charge in [-0.25, -0.2) is 0 Å². The van der Waals surface area contributed by atoms with Crippen molar-refractivity contribution in [2.24, 2.45) is 0 Å². The molecule has 0 N–H and O–H groups in total. The molecule has 3 rings (SSSR count). The molecule has 2 aromatic carbocycles. The number of para-hydroxylation sites is 1. The van der Waals surface area contributed by atoms with Crippen LogP contribution in [0.5, 0.6) is 11.5 Å². The highest BCUT2D eigenvalue weighted by Gasteiger charge is 2.00. The summed E-state index contributed by atoms with van der Waals surface area (Å²) in [7, 11) is 0. The van der Waals surface area contributed by atoms with Crippen molar-refractivity contribution in [2.45, 2.75) is 0 Å². The first-order chi connectivity index (χ1) is 8.92. The summed E-state index contributed by atoms with van der Waals surface area (Å²) >= 11 is 1.63. The second-order valence-electron chi connectivity index (χ2n) is 3.72. The van der Waals surface area contributed by atoms with Crippen LogP contribution in [0.2, 0.25) is 0 Å². The second kappa shape index (κ2) is 5.02. The lowest BCUT2D eigenvalue weighted by Crippen LogP contribution is -1.83.